The molecule has 0 radical (unpaired) electrons. The van der Waals surface area contributed by atoms with Crippen LogP contribution in [0.25, 0.3) is 22.4 Å². The molecule has 0 aliphatic carbocycles. The van der Waals surface area contributed by atoms with Crippen molar-refractivity contribution in [1.82, 2.24) is 20.1 Å². The summed E-state index contributed by atoms with van der Waals surface area (Å²) in [6.07, 6.45) is 4.56. The molecule has 0 N–H and O–H groups in total. The van der Waals surface area contributed by atoms with Gasteiger partial charge in [0.25, 0.3) is 0 Å². The van der Waals surface area contributed by atoms with Crippen LogP contribution >= 0.6 is 0 Å². The number of fused-ring (bicyclic) bond motifs is 1. The Balaban J connectivity index is 1.26. The highest BCUT2D eigenvalue weighted by Crippen LogP contribution is 2.30. The van der Waals surface area contributed by atoms with E-state index < -0.39 is 0 Å². The van der Waals surface area contributed by atoms with Crippen molar-refractivity contribution in [2.45, 2.75) is 32.6 Å². The van der Waals surface area contributed by atoms with Gasteiger partial charge in [0.15, 0.2) is 0 Å². The van der Waals surface area contributed by atoms with Crippen molar-refractivity contribution < 1.29 is 13.6 Å². The summed E-state index contributed by atoms with van der Waals surface area (Å²) >= 11 is 0. The average molecular weight is 402 g/mol. The monoisotopic (exact) mass is 402 g/mol. The molecule has 7 nitrogen and oxygen atoms in total. The van der Waals surface area contributed by atoms with Crippen LogP contribution in [0.15, 0.2) is 51.6 Å². The molecule has 1 atom stereocenters. The Bertz CT molecular complexity index is 1210. The van der Waals surface area contributed by atoms with Gasteiger partial charge < -0.3 is 13.7 Å². The third-order valence-electron chi connectivity index (χ3n) is 5.64. The Morgan fingerprint density at radius 1 is 1.20 bits per heavy atom. The van der Waals surface area contributed by atoms with E-state index >= 15 is 0 Å². The Labute approximate surface area is 173 Å². The number of nitrogens with zero attached hydrogens (tertiary/aromatic N) is 4. The molecule has 1 aromatic carbocycles. The van der Waals surface area contributed by atoms with Crippen molar-refractivity contribution in [3.05, 3.63) is 65.5 Å². The lowest BCUT2D eigenvalue weighted by Crippen LogP contribution is -2.29. The second-order valence-corrected chi connectivity index (χ2v) is 7.90. The van der Waals surface area contributed by atoms with Crippen molar-refractivity contribution in [3.63, 3.8) is 0 Å². The zero-order valence-electron chi connectivity index (χ0n) is 17.0. The first-order valence-electron chi connectivity index (χ1n) is 10.1. The molecular weight excluding hydrogens is 380 g/mol. The van der Waals surface area contributed by atoms with Gasteiger partial charge in [0.2, 0.25) is 17.7 Å². The van der Waals surface area contributed by atoms with Crippen LogP contribution in [0.3, 0.4) is 0 Å². The zero-order valence-corrected chi connectivity index (χ0v) is 17.0. The first kappa shape index (κ1) is 18.5. The third-order valence-corrected chi connectivity index (χ3v) is 5.64. The molecule has 4 aromatic rings. The molecule has 1 aliphatic heterocycles. The maximum Gasteiger partial charge on any atom is 0.249 e. The SMILES string of the molecule is Cc1ccc2c(CC(=O)N3CCC(c4nnc(-c5ccc(C)nc5)o4)C3)coc2c1. The summed E-state index contributed by atoms with van der Waals surface area (Å²) in [6, 6.07) is 9.88. The van der Waals surface area contributed by atoms with Crippen LogP contribution in [-0.2, 0) is 11.2 Å². The van der Waals surface area contributed by atoms with E-state index in [9.17, 15) is 4.79 Å². The van der Waals surface area contributed by atoms with Gasteiger partial charge in [0.05, 0.1) is 24.2 Å². The molecule has 1 amide bonds. The molecule has 1 aliphatic rings. The predicted molar refractivity (Wildman–Crippen MR) is 111 cm³/mol. The molecule has 152 valence electrons. The van der Waals surface area contributed by atoms with Crippen molar-refractivity contribution in [3.8, 4) is 11.5 Å². The number of rotatable bonds is 4. The van der Waals surface area contributed by atoms with E-state index in [0.29, 0.717) is 31.3 Å². The van der Waals surface area contributed by atoms with E-state index in [-0.39, 0.29) is 11.8 Å². The van der Waals surface area contributed by atoms with Crippen LogP contribution in [0.1, 0.15) is 35.1 Å². The second kappa shape index (κ2) is 7.40. The lowest BCUT2D eigenvalue weighted by Gasteiger charge is -2.15. The fourth-order valence-electron chi connectivity index (χ4n) is 3.90. The summed E-state index contributed by atoms with van der Waals surface area (Å²) in [5, 5.41) is 9.38. The minimum Gasteiger partial charge on any atom is -0.464 e. The number of carbonyl (C=O) groups excluding carboxylic acids is 1. The Hall–Kier alpha value is -3.48. The molecule has 1 fully saturated rings. The summed E-state index contributed by atoms with van der Waals surface area (Å²) in [5.41, 5.74) is 4.61. The van der Waals surface area contributed by atoms with Gasteiger partial charge >= 0.3 is 0 Å². The Kier molecular flexibility index (Phi) is 4.58. The van der Waals surface area contributed by atoms with Crippen molar-refractivity contribution in [2.75, 3.05) is 13.1 Å². The quantitative estimate of drug-likeness (QED) is 0.512. The predicted octanol–water partition coefficient (Wildman–Crippen LogP) is 4.05. The average Bonchev–Trinajstić information content (AvgIpc) is 3.48. The molecule has 1 saturated heterocycles. The van der Waals surface area contributed by atoms with Crippen molar-refractivity contribution in [2.24, 2.45) is 0 Å². The maximum absolute atomic E-state index is 12.9. The van der Waals surface area contributed by atoms with E-state index in [1.165, 1.54) is 0 Å². The van der Waals surface area contributed by atoms with Gasteiger partial charge in [-0.1, -0.05) is 12.1 Å². The highest BCUT2D eigenvalue weighted by Gasteiger charge is 2.31. The summed E-state index contributed by atoms with van der Waals surface area (Å²) in [5.74, 6) is 1.17. The number of likely N-dealkylation sites (tertiary alicyclic amines) is 1. The molecule has 0 saturated carbocycles. The fraction of sp³-hybridized carbons (Fsp3) is 0.304. The molecule has 3 aromatic heterocycles. The van der Waals surface area contributed by atoms with Gasteiger partial charge in [-0.2, -0.15) is 0 Å². The number of furan rings is 1. The molecule has 30 heavy (non-hydrogen) atoms. The summed E-state index contributed by atoms with van der Waals surface area (Å²) in [7, 11) is 0. The fourth-order valence-corrected chi connectivity index (χ4v) is 3.90. The molecule has 4 heterocycles. The number of carbonyl (C=O) groups is 1. The molecular formula is C23H22N4O3. The van der Waals surface area contributed by atoms with Gasteiger partial charge in [-0.05, 0) is 44.0 Å². The highest BCUT2D eigenvalue weighted by molar-refractivity contribution is 5.88. The lowest BCUT2D eigenvalue weighted by atomic mass is 10.1. The van der Waals surface area contributed by atoms with Gasteiger partial charge in [0, 0.05) is 35.9 Å². The normalized spacial score (nSPS) is 16.5. The maximum atomic E-state index is 12.9. The molecule has 0 spiro atoms. The molecule has 1 unspecified atom stereocenters. The first-order valence-corrected chi connectivity index (χ1v) is 10.1. The number of aryl methyl sites for hydroxylation is 2. The minimum atomic E-state index is 0.0531. The van der Waals surface area contributed by atoms with Crippen molar-refractivity contribution >= 4 is 16.9 Å². The minimum absolute atomic E-state index is 0.0531. The number of pyridine rings is 1. The number of benzene rings is 1. The standard InChI is InChI=1S/C23H22N4O3/c1-14-3-6-19-18(13-29-20(19)9-14)10-21(28)27-8-7-17(12-27)23-26-25-22(30-23)16-5-4-15(2)24-11-16/h3-6,9,11,13,17H,7-8,10,12H2,1-2H3. The number of hydrogen-bond acceptors (Lipinski definition) is 6. The number of amides is 1. The van der Waals surface area contributed by atoms with E-state index in [0.717, 1.165) is 39.8 Å². The van der Waals surface area contributed by atoms with Gasteiger partial charge in [0.1, 0.15) is 5.58 Å². The summed E-state index contributed by atoms with van der Waals surface area (Å²) < 4.78 is 11.5. The van der Waals surface area contributed by atoms with E-state index in [2.05, 4.69) is 15.2 Å². The van der Waals surface area contributed by atoms with E-state index in [1.54, 1.807) is 12.5 Å². The van der Waals surface area contributed by atoms with Crippen LogP contribution < -0.4 is 0 Å². The first-order chi connectivity index (χ1) is 14.6. The van der Waals surface area contributed by atoms with E-state index in [1.807, 2.05) is 49.1 Å². The Morgan fingerprint density at radius 2 is 2.10 bits per heavy atom. The Morgan fingerprint density at radius 3 is 2.93 bits per heavy atom. The highest BCUT2D eigenvalue weighted by atomic mass is 16.4. The van der Waals surface area contributed by atoms with Gasteiger partial charge in [-0.25, -0.2) is 0 Å². The van der Waals surface area contributed by atoms with Crippen LogP contribution in [0.2, 0.25) is 0 Å². The number of aromatic nitrogens is 3. The largest absolute Gasteiger partial charge is 0.464 e. The van der Waals surface area contributed by atoms with Gasteiger partial charge in [-0.15, -0.1) is 10.2 Å². The molecule has 5 rings (SSSR count). The lowest BCUT2D eigenvalue weighted by molar-refractivity contribution is -0.129. The second-order valence-electron chi connectivity index (χ2n) is 7.90. The molecule has 0 bridgehead atoms. The van der Waals surface area contributed by atoms with Crippen molar-refractivity contribution in [1.29, 1.82) is 0 Å². The van der Waals surface area contributed by atoms with Crippen LogP contribution in [-0.4, -0.2) is 39.1 Å². The third kappa shape index (κ3) is 3.47. The number of hydrogen-bond donors (Lipinski definition) is 0. The summed E-state index contributed by atoms with van der Waals surface area (Å²) in [6.45, 7) is 5.22. The molecule has 7 heteroatoms. The van der Waals surface area contributed by atoms with Crippen LogP contribution in [0.4, 0.5) is 0 Å². The van der Waals surface area contributed by atoms with Gasteiger partial charge in [-0.3, -0.25) is 9.78 Å². The van der Waals surface area contributed by atoms with Crippen LogP contribution in [0, 0.1) is 13.8 Å². The van der Waals surface area contributed by atoms with Crippen LogP contribution in [0.5, 0.6) is 0 Å². The summed E-state index contributed by atoms with van der Waals surface area (Å²) in [4.78, 5) is 19.0. The smallest absolute Gasteiger partial charge is 0.249 e. The topological polar surface area (TPSA) is 85.3 Å². The van der Waals surface area contributed by atoms with E-state index in [4.69, 9.17) is 8.83 Å². The zero-order chi connectivity index (χ0) is 20.7.